The molecule has 0 bridgehead atoms. The van der Waals surface area contributed by atoms with Crippen LogP contribution in [0.4, 0.5) is 13.2 Å². The number of alkyl halides is 3. The molecule has 25 heavy (non-hydrogen) atoms. The number of nitrogens with zero attached hydrogens (tertiary/aromatic N) is 1. The maximum absolute atomic E-state index is 12.6. The van der Waals surface area contributed by atoms with Crippen LogP contribution in [0.25, 0.3) is 6.08 Å². The van der Waals surface area contributed by atoms with Crippen molar-refractivity contribution in [2.75, 3.05) is 0 Å². The maximum Gasteiger partial charge on any atom is 0.416 e. The first kappa shape index (κ1) is 19.3. The summed E-state index contributed by atoms with van der Waals surface area (Å²) < 4.78 is 62.8. The minimum absolute atomic E-state index is 0.106. The lowest BCUT2D eigenvalue weighted by Crippen LogP contribution is -2.05. The van der Waals surface area contributed by atoms with Gasteiger partial charge in [-0.3, -0.25) is 0 Å². The normalized spacial score (nSPS) is 12.7. The van der Waals surface area contributed by atoms with Gasteiger partial charge in [0.1, 0.15) is 11.0 Å². The van der Waals surface area contributed by atoms with Crippen LogP contribution in [-0.4, -0.2) is 8.42 Å². The molecule has 0 spiro atoms. The van der Waals surface area contributed by atoms with E-state index in [1.807, 2.05) is 0 Å². The fourth-order valence-electron chi connectivity index (χ4n) is 1.89. The van der Waals surface area contributed by atoms with E-state index in [0.717, 1.165) is 36.4 Å². The zero-order valence-corrected chi connectivity index (χ0v) is 14.5. The van der Waals surface area contributed by atoms with E-state index in [2.05, 4.69) is 0 Å². The van der Waals surface area contributed by atoms with Crippen molar-refractivity contribution in [1.29, 1.82) is 5.26 Å². The summed E-state index contributed by atoms with van der Waals surface area (Å²) in [7, 11) is -4.28. The molecule has 2 aromatic rings. The Morgan fingerprint density at radius 3 is 2.20 bits per heavy atom. The molecule has 0 aliphatic rings. The van der Waals surface area contributed by atoms with E-state index in [9.17, 15) is 26.9 Å². The molecule has 0 N–H and O–H groups in total. The van der Waals surface area contributed by atoms with Gasteiger partial charge in [-0.2, -0.15) is 18.4 Å². The zero-order valence-electron chi connectivity index (χ0n) is 12.2. The second kappa shape index (κ2) is 7.08. The largest absolute Gasteiger partial charge is 0.416 e. The molecule has 0 saturated heterocycles. The number of benzene rings is 2. The molecule has 0 fully saturated rings. The summed E-state index contributed by atoms with van der Waals surface area (Å²) in [6.45, 7) is 0. The van der Waals surface area contributed by atoms with Gasteiger partial charge in [0.15, 0.2) is 0 Å². The second-order valence-corrected chi connectivity index (χ2v) is 7.55. The molecule has 3 nitrogen and oxygen atoms in total. The highest BCUT2D eigenvalue weighted by molar-refractivity contribution is 7.95. The zero-order chi connectivity index (χ0) is 18.8. The van der Waals surface area contributed by atoms with Gasteiger partial charge in [0.25, 0.3) is 0 Å². The SMILES string of the molecule is N#C/C(=C\c1ccc(C(F)(F)F)cc1)S(=O)(=O)c1cc(Cl)ccc1Cl. The second-order valence-electron chi connectivity index (χ2n) is 4.82. The van der Waals surface area contributed by atoms with Crippen LogP contribution in [0.1, 0.15) is 11.1 Å². The quantitative estimate of drug-likeness (QED) is 0.646. The van der Waals surface area contributed by atoms with Gasteiger partial charge in [0, 0.05) is 5.02 Å². The number of hydrogen-bond donors (Lipinski definition) is 0. The monoisotopic (exact) mass is 405 g/mol. The Bertz CT molecular complexity index is 976. The Morgan fingerprint density at radius 1 is 1.08 bits per heavy atom. The van der Waals surface area contributed by atoms with Gasteiger partial charge in [0.05, 0.1) is 15.5 Å². The van der Waals surface area contributed by atoms with E-state index in [-0.39, 0.29) is 20.5 Å². The van der Waals surface area contributed by atoms with Gasteiger partial charge in [-0.15, -0.1) is 0 Å². The summed E-state index contributed by atoms with van der Waals surface area (Å²) in [5.74, 6) is 0. The molecule has 2 aromatic carbocycles. The first-order valence-corrected chi connectivity index (χ1v) is 8.79. The molecule has 9 heteroatoms. The molecule has 0 saturated carbocycles. The molecule has 2 rings (SSSR count). The molecule has 0 unspecified atom stereocenters. The van der Waals surface area contributed by atoms with Crippen LogP contribution >= 0.6 is 23.2 Å². The number of halogens is 5. The number of hydrogen-bond acceptors (Lipinski definition) is 3. The molecule has 0 radical (unpaired) electrons. The van der Waals surface area contributed by atoms with Crippen molar-refractivity contribution >= 4 is 39.1 Å². The van der Waals surface area contributed by atoms with Crippen LogP contribution in [0.3, 0.4) is 0 Å². The summed E-state index contributed by atoms with van der Waals surface area (Å²) in [6, 6.07) is 8.99. The van der Waals surface area contributed by atoms with Gasteiger partial charge in [-0.1, -0.05) is 35.3 Å². The highest BCUT2D eigenvalue weighted by Gasteiger charge is 2.30. The highest BCUT2D eigenvalue weighted by atomic mass is 35.5. The summed E-state index contributed by atoms with van der Waals surface area (Å²) in [5, 5.41) is 9.15. The number of allylic oxidation sites excluding steroid dienone is 1. The lowest BCUT2D eigenvalue weighted by atomic mass is 10.1. The third-order valence-corrected chi connectivity index (χ3v) is 5.50. The number of sulfone groups is 1. The van der Waals surface area contributed by atoms with Gasteiger partial charge >= 0.3 is 6.18 Å². The maximum atomic E-state index is 12.6. The molecule has 130 valence electrons. The van der Waals surface area contributed by atoms with Crippen LogP contribution in [0.15, 0.2) is 52.3 Å². The molecular weight excluding hydrogens is 398 g/mol. The number of rotatable bonds is 3. The standard InChI is InChI=1S/C16H8Cl2F3NO2S/c17-12-5-6-14(18)15(8-12)25(23,24)13(9-22)7-10-1-3-11(4-2-10)16(19,20)21/h1-8H/b13-7+. The average molecular weight is 406 g/mol. The first-order chi connectivity index (χ1) is 11.6. The fourth-order valence-corrected chi connectivity index (χ4v) is 3.81. The molecule has 0 atom stereocenters. The topological polar surface area (TPSA) is 57.9 Å². The molecule has 0 aromatic heterocycles. The Hall–Kier alpha value is -2.01. The van der Waals surface area contributed by atoms with Crippen LogP contribution < -0.4 is 0 Å². The van der Waals surface area contributed by atoms with E-state index < -0.39 is 26.5 Å². The summed E-state index contributed by atoms with van der Waals surface area (Å²) in [6.07, 6.45) is -3.55. The van der Waals surface area contributed by atoms with Crippen molar-refractivity contribution in [3.63, 3.8) is 0 Å². The lowest BCUT2D eigenvalue weighted by molar-refractivity contribution is -0.137. The predicted molar refractivity (Wildman–Crippen MR) is 88.7 cm³/mol. The summed E-state index contributed by atoms with van der Waals surface area (Å²) in [4.78, 5) is -1.03. The van der Waals surface area contributed by atoms with Crippen LogP contribution in [0.5, 0.6) is 0 Å². The van der Waals surface area contributed by atoms with Gasteiger partial charge in [-0.25, -0.2) is 8.42 Å². The molecule has 0 heterocycles. The predicted octanol–water partition coefficient (Wildman–Crippen LogP) is 5.35. The van der Waals surface area contributed by atoms with Gasteiger partial charge in [0.2, 0.25) is 9.84 Å². The Balaban J connectivity index is 2.50. The fraction of sp³-hybridized carbons (Fsp3) is 0.0625. The third-order valence-electron chi connectivity index (χ3n) is 3.12. The van der Waals surface area contributed by atoms with Crippen molar-refractivity contribution in [2.45, 2.75) is 11.1 Å². The highest BCUT2D eigenvalue weighted by Crippen LogP contribution is 2.31. The van der Waals surface area contributed by atoms with Crippen molar-refractivity contribution in [2.24, 2.45) is 0 Å². The minimum atomic E-state index is -4.51. The Labute approximate surface area is 151 Å². The minimum Gasteiger partial charge on any atom is -0.218 e. The Kier molecular flexibility index (Phi) is 5.47. The number of nitriles is 1. The summed E-state index contributed by atoms with van der Waals surface area (Å²) >= 11 is 11.6. The van der Waals surface area contributed by atoms with E-state index >= 15 is 0 Å². The van der Waals surface area contributed by atoms with Crippen molar-refractivity contribution < 1.29 is 21.6 Å². The van der Waals surface area contributed by atoms with Crippen molar-refractivity contribution in [3.05, 3.63) is 68.5 Å². The van der Waals surface area contributed by atoms with Crippen molar-refractivity contribution in [1.82, 2.24) is 0 Å². The van der Waals surface area contributed by atoms with Crippen molar-refractivity contribution in [3.8, 4) is 6.07 Å². The summed E-state index contributed by atoms with van der Waals surface area (Å²) in [5.41, 5.74) is -0.768. The van der Waals surface area contributed by atoms with Gasteiger partial charge < -0.3 is 0 Å². The Morgan fingerprint density at radius 2 is 1.68 bits per heavy atom. The third kappa shape index (κ3) is 4.34. The van der Waals surface area contributed by atoms with E-state index in [1.54, 1.807) is 0 Å². The molecular formula is C16H8Cl2F3NO2S. The molecule has 0 aliphatic heterocycles. The average Bonchev–Trinajstić information content (AvgIpc) is 2.54. The molecule has 0 aliphatic carbocycles. The van der Waals surface area contributed by atoms with Crippen LogP contribution in [-0.2, 0) is 16.0 Å². The van der Waals surface area contributed by atoms with E-state index in [0.29, 0.717) is 0 Å². The smallest absolute Gasteiger partial charge is 0.218 e. The first-order valence-electron chi connectivity index (χ1n) is 6.55. The van der Waals surface area contributed by atoms with E-state index in [1.165, 1.54) is 18.2 Å². The molecule has 0 amide bonds. The van der Waals surface area contributed by atoms with Crippen LogP contribution in [0, 0.1) is 11.3 Å². The van der Waals surface area contributed by atoms with Gasteiger partial charge in [-0.05, 0) is 42.0 Å². The van der Waals surface area contributed by atoms with Crippen LogP contribution in [0.2, 0.25) is 10.0 Å². The van der Waals surface area contributed by atoms with E-state index in [4.69, 9.17) is 23.2 Å². The lowest BCUT2D eigenvalue weighted by Gasteiger charge is -2.07.